The van der Waals surface area contributed by atoms with Gasteiger partial charge in [-0.05, 0) is 19.3 Å². The van der Waals surface area contributed by atoms with Gasteiger partial charge in [0.1, 0.15) is 0 Å². The summed E-state index contributed by atoms with van der Waals surface area (Å²) >= 11 is 0. The molecule has 172 valence electrons. The highest BCUT2D eigenvalue weighted by Gasteiger charge is 2.25. The lowest BCUT2D eigenvalue weighted by molar-refractivity contribution is -0.952. The molecule has 0 fully saturated rings. The van der Waals surface area contributed by atoms with Gasteiger partial charge in [-0.2, -0.15) is 0 Å². The van der Waals surface area contributed by atoms with Gasteiger partial charge in [0.05, 0.1) is 20.1 Å². The molecule has 0 amide bonds. The summed E-state index contributed by atoms with van der Waals surface area (Å²) in [6, 6.07) is 0. The van der Waals surface area contributed by atoms with E-state index in [4.69, 9.17) is 0 Å². The molecule has 0 saturated carbocycles. The van der Waals surface area contributed by atoms with Gasteiger partial charge in [-0.25, -0.2) is 0 Å². The summed E-state index contributed by atoms with van der Waals surface area (Å²) in [6.45, 7) is 8.74. The van der Waals surface area contributed by atoms with E-state index in [-0.39, 0.29) is 23.2 Å². The molecule has 1 N–H and O–H groups in total. The fourth-order valence-corrected chi connectivity index (χ4v) is 4.03. The van der Waals surface area contributed by atoms with Crippen LogP contribution in [0.1, 0.15) is 136 Å². The predicted octanol–water partition coefficient (Wildman–Crippen LogP) is 4.84. The van der Waals surface area contributed by atoms with Crippen LogP contribution in [0.25, 0.3) is 0 Å². The van der Waals surface area contributed by atoms with E-state index in [9.17, 15) is 5.11 Å². The van der Waals surface area contributed by atoms with Crippen molar-refractivity contribution < 1.29 is 26.6 Å². The molecule has 28 heavy (non-hydrogen) atoms. The van der Waals surface area contributed by atoms with Crippen molar-refractivity contribution in [1.29, 1.82) is 0 Å². The number of nitrogens with zero attached hydrogens (tertiary/aromatic N) is 1. The predicted molar refractivity (Wildman–Crippen MR) is 122 cm³/mol. The maximum atomic E-state index is 10.1. The molecule has 0 aromatic carbocycles. The Hall–Kier alpha value is 0.400. The third-order valence-corrected chi connectivity index (χ3v) is 6.45. The topological polar surface area (TPSA) is 20.2 Å². The van der Waals surface area contributed by atoms with Crippen LogP contribution in [0.5, 0.6) is 0 Å². The van der Waals surface area contributed by atoms with Crippen molar-refractivity contribution in [1.82, 2.24) is 0 Å². The maximum Gasteiger partial charge on any atom is 0.187 e. The number of hydrogen-bond donors (Lipinski definition) is 1. The highest BCUT2D eigenvalue weighted by atomic mass is 79.9. The zero-order chi connectivity index (χ0) is 20.2. The highest BCUT2D eigenvalue weighted by Crippen LogP contribution is 2.16. The normalized spacial score (nSPS) is 14.5. The number of halogens is 1. The van der Waals surface area contributed by atoms with Gasteiger partial charge in [0.25, 0.3) is 0 Å². The first-order valence-electron chi connectivity index (χ1n) is 12.6. The second kappa shape index (κ2) is 22.1. The highest BCUT2D eigenvalue weighted by molar-refractivity contribution is 4.51. The zero-order valence-electron chi connectivity index (χ0n) is 20.0. The van der Waals surface area contributed by atoms with Crippen LogP contribution in [0, 0.1) is 0 Å². The second-order valence-electron chi connectivity index (χ2n) is 9.22. The summed E-state index contributed by atoms with van der Waals surface area (Å²) in [5.41, 5.74) is 0. The van der Waals surface area contributed by atoms with Gasteiger partial charge in [0, 0.05) is 6.92 Å². The van der Waals surface area contributed by atoms with Crippen LogP contribution in [0.15, 0.2) is 0 Å². The van der Waals surface area contributed by atoms with Crippen LogP contribution in [-0.2, 0) is 0 Å². The quantitative estimate of drug-likeness (QED) is 0.146. The summed E-state index contributed by atoms with van der Waals surface area (Å²) in [7, 11) is 2.23. The van der Waals surface area contributed by atoms with E-state index < -0.39 is 0 Å². The van der Waals surface area contributed by atoms with E-state index in [1.165, 1.54) is 116 Å². The minimum Gasteiger partial charge on any atom is -1.00 e. The van der Waals surface area contributed by atoms with E-state index in [0.717, 1.165) is 17.6 Å². The van der Waals surface area contributed by atoms with Gasteiger partial charge in [-0.3, -0.25) is 0 Å². The van der Waals surface area contributed by atoms with Gasteiger partial charge in [-0.1, -0.05) is 110 Å². The molecule has 0 aliphatic heterocycles. The van der Waals surface area contributed by atoms with Crippen molar-refractivity contribution in [3.63, 3.8) is 0 Å². The smallest absolute Gasteiger partial charge is 0.187 e. The minimum absolute atomic E-state index is 0. The molecule has 0 saturated heterocycles. The van der Waals surface area contributed by atoms with Crippen molar-refractivity contribution in [2.24, 2.45) is 0 Å². The molecular weight excluding hydrogens is 410 g/mol. The molecule has 0 aliphatic carbocycles. The minimum atomic E-state index is -0.229. The molecule has 0 rings (SSSR count). The summed E-state index contributed by atoms with van der Waals surface area (Å²) in [6.07, 6.45) is 24.9. The number of quaternary nitrogens is 1. The van der Waals surface area contributed by atoms with Crippen LogP contribution in [0.2, 0.25) is 0 Å². The zero-order valence-corrected chi connectivity index (χ0v) is 21.6. The fourth-order valence-electron chi connectivity index (χ4n) is 4.03. The number of rotatable bonds is 21. The molecule has 2 atom stereocenters. The number of aliphatic hydroxyl groups is 1. The lowest BCUT2D eigenvalue weighted by Crippen LogP contribution is -3.00. The molecular formula is C25H54BrNO. The second-order valence-corrected chi connectivity index (χ2v) is 9.22. The first-order valence-corrected chi connectivity index (χ1v) is 12.6. The van der Waals surface area contributed by atoms with Crippen LogP contribution >= 0.6 is 0 Å². The Balaban J connectivity index is 0. The molecule has 0 spiro atoms. The van der Waals surface area contributed by atoms with E-state index in [1.807, 2.05) is 6.92 Å². The summed E-state index contributed by atoms with van der Waals surface area (Å²) in [4.78, 5) is 0. The number of hydrogen-bond acceptors (Lipinski definition) is 1. The number of unbranched alkanes of at least 4 members (excludes halogenated alkanes) is 16. The Bertz CT molecular complexity index is 298. The van der Waals surface area contributed by atoms with E-state index in [2.05, 4.69) is 20.9 Å². The van der Waals surface area contributed by atoms with Gasteiger partial charge in [0.2, 0.25) is 0 Å². The van der Waals surface area contributed by atoms with E-state index >= 15 is 0 Å². The van der Waals surface area contributed by atoms with Gasteiger partial charge < -0.3 is 26.6 Å². The number of aliphatic hydroxyl groups excluding tert-OH is 1. The van der Waals surface area contributed by atoms with Crippen LogP contribution < -0.4 is 17.0 Å². The van der Waals surface area contributed by atoms with Crippen LogP contribution in [0.4, 0.5) is 0 Å². The fraction of sp³-hybridized carbons (Fsp3) is 1.00. The van der Waals surface area contributed by atoms with Crippen molar-refractivity contribution in [3.05, 3.63) is 0 Å². The molecule has 3 heteroatoms. The Morgan fingerprint density at radius 3 is 1.14 bits per heavy atom. The summed E-state index contributed by atoms with van der Waals surface area (Å²) < 4.78 is 0.840. The Morgan fingerprint density at radius 1 is 0.536 bits per heavy atom. The molecule has 2 unspecified atom stereocenters. The molecule has 0 aromatic heterocycles. The van der Waals surface area contributed by atoms with E-state index in [1.54, 1.807) is 0 Å². The Kier molecular flexibility index (Phi) is 24.1. The monoisotopic (exact) mass is 463 g/mol. The molecule has 0 radical (unpaired) electrons. The van der Waals surface area contributed by atoms with Crippen molar-refractivity contribution in [2.45, 2.75) is 143 Å². The first kappa shape index (κ1) is 30.6. The third kappa shape index (κ3) is 18.4. The average molecular weight is 465 g/mol. The SMILES string of the molecule is CCCCCCCCCCCCCCCCCC[N+](C)(CCCC)C(C)O.[Br-]. The van der Waals surface area contributed by atoms with Crippen molar-refractivity contribution in [2.75, 3.05) is 20.1 Å². The standard InChI is InChI=1S/C25H54NO.BrH/c1-5-7-9-10-11-12-13-14-15-16-17-18-19-20-21-22-24-26(4,25(3)27)23-8-6-2;/h25,27H,5-24H2,1-4H3;1H/q+1;/p-1. The Labute approximate surface area is 189 Å². The van der Waals surface area contributed by atoms with Crippen LogP contribution in [0.3, 0.4) is 0 Å². The molecule has 0 aromatic rings. The molecule has 2 nitrogen and oxygen atoms in total. The summed E-state index contributed by atoms with van der Waals surface area (Å²) in [5.74, 6) is 0. The van der Waals surface area contributed by atoms with Crippen molar-refractivity contribution >= 4 is 0 Å². The lowest BCUT2D eigenvalue weighted by atomic mass is 10.0. The third-order valence-electron chi connectivity index (χ3n) is 6.45. The average Bonchev–Trinajstić information content (AvgIpc) is 2.66. The molecule has 0 aliphatic rings. The largest absolute Gasteiger partial charge is 1.00 e. The maximum absolute atomic E-state index is 10.1. The summed E-state index contributed by atoms with van der Waals surface area (Å²) in [5, 5.41) is 10.1. The van der Waals surface area contributed by atoms with Crippen molar-refractivity contribution in [3.8, 4) is 0 Å². The lowest BCUT2D eigenvalue weighted by Gasteiger charge is -2.37. The van der Waals surface area contributed by atoms with Gasteiger partial charge >= 0.3 is 0 Å². The molecule has 0 bridgehead atoms. The van der Waals surface area contributed by atoms with Gasteiger partial charge in [-0.15, -0.1) is 0 Å². The Morgan fingerprint density at radius 2 is 0.821 bits per heavy atom. The van der Waals surface area contributed by atoms with Crippen LogP contribution in [-0.4, -0.2) is 36.0 Å². The van der Waals surface area contributed by atoms with Gasteiger partial charge in [0.15, 0.2) is 6.23 Å². The van der Waals surface area contributed by atoms with E-state index in [0.29, 0.717) is 0 Å². The molecule has 0 heterocycles. The first-order chi connectivity index (χ1) is 13.1.